The van der Waals surface area contributed by atoms with Crippen molar-refractivity contribution in [1.82, 2.24) is 15.1 Å². The summed E-state index contributed by atoms with van der Waals surface area (Å²) in [5.41, 5.74) is 1.03. The van der Waals surface area contributed by atoms with Gasteiger partial charge in [-0.3, -0.25) is 4.90 Å². The van der Waals surface area contributed by atoms with E-state index in [2.05, 4.69) is 10.2 Å². The molecule has 2 aliphatic rings. The van der Waals surface area contributed by atoms with Gasteiger partial charge in [0.2, 0.25) is 6.79 Å². The fourth-order valence-electron chi connectivity index (χ4n) is 3.11. The first kappa shape index (κ1) is 17.8. The van der Waals surface area contributed by atoms with Crippen LogP contribution in [0.3, 0.4) is 0 Å². The summed E-state index contributed by atoms with van der Waals surface area (Å²) in [6.45, 7) is 9.71. The van der Waals surface area contributed by atoms with Gasteiger partial charge in [0.25, 0.3) is 0 Å². The molecule has 0 aromatic heterocycles. The quantitative estimate of drug-likeness (QED) is 0.846. The summed E-state index contributed by atoms with van der Waals surface area (Å²) >= 11 is 0. The van der Waals surface area contributed by atoms with Crippen molar-refractivity contribution in [1.29, 1.82) is 0 Å². The van der Waals surface area contributed by atoms with Crippen LogP contribution in [0.1, 0.15) is 19.4 Å². The Labute approximate surface area is 148 Å². The summed E-state index contributed by atoms with van der Waals surface area (Å²) in [5, 5.41) is 3.10. The van der Waals surface area contributed by atoms with Crippen molar-refractivity contribution in [3.8, 4) is 11.5 Å². The Hall–Kier alpha value is -1.99. The van der Waals surface area contributed by atoms with Crippen molar-refractivity contribution in [3.05, 3.63) is 23.8 Å². The lowest BCUT2D eigenvalue weighted by molar-refractivity contribution is 0.0346. The van der Waals surface area contributed by atoms with E-state index in [-0.39, 0.29) is 18.9 Å². The molecule has 0 saturated carbocycles. The molecule has 1 atom stereocenters. The van der Waals surface area contributed by atoms with E-state index in [4.69, 9.17) is 14.2 Å². The number of hydrogen-bond donors (Lipinski definition) is 1. The first-order chi connectivity index (χ1) is 12.2. The summed E-state index contributed by atoms with van der Waals surface area (Å²) in [6, 6.07) is 5.86. The minimum Gasteiger partial charge on any atom is -0.454 e. The molecule has 138 valence electrons. The maximum absolute atomic E-state index is 12.6. The number of morpholine rings is 1. The third-order valence-corrected chi connectivity index (χ3v) is 4.48. The molecule has 0 bridgehead atoms. The second kappa shape index (κ2) is 8.40. The average molecular weight is 349 g/mol. The third-order valence-electron chi connectivity index (χ3n) is 4.48. The van der Waals surface area contributed by atoms with Crippen LogP contribution < -0.4 is 14.8 Å². The molecule has 0 spiro atoms. The number of rotatable bonds is 6. The van der Waals surface area contributed by atoms with Gasteiger partial charge in [0.15, 0.2) is 11.5 Å². The van der Waals surface area contributed by atoms with Gasteiger partial charge in [0, 0.05) is 38.8 Å². The van der Waals surface area contributed by atoms with Crippen LogP contribution in [0.2, 0.25) is 0 Å². The Morgan fingerprint density at radius 3 is 2.80 bits per heavy atom. The van der Waals surface area contributed by atoms with Crippen LogP contribution in [0.15, 0.2) is 18.2 Å². The fraction of sp³-hybridized carbons (Fsp3) is 0.611. The molecule has 2 amide bonds. The predicted molar refractivity (Wildman–Crippen MR) is 93.9 cm³/mol. The van der Waals surface area contributed by atoms with Gasteiger partial charge in [-0.05, 0) is 31.5 Å². The maximum atomic E-state index is 12.6. The largest absolute Gasteiger partial charge is 0.454 e. The molecule has 1 aromatic carbocycles. The maximum Gasteiger partial charge on any atom is 0.317 e. The van der Waals surface area contributed by atoms with E-state index in [0.29, 0.717) is 13.1 Å². The van der Waals surface area contributed by atoms with Gasteiger partial charge in [-0.25, -0.2) is 4.79 Å². The first-order valence-corrected chi connectivity index (χ1v) is 8.89. The van der Waals surface area contributed by atoms with Gasteiger partial charge in [0.1, 0.15) is 0 Å². The molecule has 2 aliphatic heterocycles. The van der Waals surface area contributed by atoms with Crippen molar-refractivity contribution < 1.29 is 19.0 Å². The molecule has 3 rings (SSSR count). The lowest BCUT2D eigenvalue weighted by atomic mass is 10.2. The fourth-order valence-corrected chi connectivity index (χ4v) is 3.11. The highest BCUT2D eigenvalue weighted by molar-refractivity contribution is 5.74. The van der Waals surface area contributed by atoms with Gasteiger partial charge in [-0.15, -0.1) is 0 Å². The lowest BCUT2D eigenvalue weighted by Gasteiger charge is -2.30. The molecular weight excluding hydrogens is 322 g/mol. The summed E-state index contributed by atoms with van der Waals surface area (Å²) in [4.78, 5) is 16.7. The highest BCUT2D eigenvalue weighted by Gasteiger charge is 2.19. The SMILES string of the molecule is CCN(Cc1ccc2c(c1)OCO2)C(=O)NC(C)CN1CCOCC1. The summed E-state index contributed by atoms with van der Waals surface area (Å²) < 4.78 is 16.1. The minimum absolute atomic E-state index is 0.0408. The van der Waals surface area contributed by atoms with Crippen molar-refractivity contribution in [3.63, 3.8) is 0 Å². The van der Waals surface area contributed by atoms with Gasteiger partial charge in [0.05, 0.1) is 13.2 Å². The Kier molecular flexibility index (Phi) is 5.99. The third kappa shape index (κ3) is 4.76. The zero-order valence-electron chi connectivity index (χ0n) is 15.0. The van der Waals surface area contributed by atoms with Gasteiger partial charge in [-0.2, -0.15) is 0 Å². The van der Waals surface area contributed by atoms with E-state index >= 15 is 0 Å². The molecule has 1 unspecified atom stereocenters. The zero-order chi connectivity index (χ0) is 17.6. The van der Waals surface area contributed by atoms with E-state index in [1.807, 2.05) is 32.0 Å². The van der Waals surface area contributed by atoms with E-state index in [1.54, 1.807) is 4.90 Å². The Morgan fingerprint density at radius 2 is 2.04 bits per heavy atom. The van der Waals surface area contributed by atoms with Gasteiger partial charge in [-0.1, -0.05) is 6.07 Å². The zero-order valence-corrected chi connectivity index (χ0v) is 15.0. The number of hydrogen-bond acceptors (Lipinski definition) is 5. The lowest BCUT2D eigenvalue weighted by Crippen LogP contribution is -2.49. The first-order valence-electron chi connectivity index (χ1n) is 8.89. The Bertz CT molecular complexity index is 590. The van der Waals surface area contributed by atoms with Crippen molar-refractivity contribution in [2.45, 2.75) is 26.4 Å². The topological polar surface area (TPSA) is 63.3 Å². The smallest absolute Gasteiger partial charge is 0.317 e. The normalized spacial score (nSPS) is 18.0. The van der Waals surface area contributed by atoms with E-state index in [1.165, 1.54) is 0 Å². The Morgan fingerprint density at radius 1 is 1.28 bits per heavy atom. The molecule has 0 radical (unpaired) electrons. The number of urea groups is 1. The van der Waals surface area contributed by atoms with Crippen molar-refractivity contribution in [2.75, 3.05) is 46.2 Å². The molecule has 0 aliphatic carbocycles. The number of fused-ring (bicyclic) bond motifs is 1. The van der Waals surface area contributed by atoms with Crippen LogP contribution in [-0.2, 0) is 11.3 Å². The number of nitrogens with one attached hydrogen (secondary N) is 1. The van der Waals surface area contributed by atoms with Crippen molar-refractivity contribution in [2.24, 2.45) is 0 Å². The number of nitrogens with zero attached hydrogens (tertiary/aromatic N) is 2. The molecule has 1 aromatic rings. The number of amides is 2. The number of carbonyl (C=O) groups excluding carboxylic acids is 1. The van der Waals surface area contributed by atoms with E-state index < -0.39 is 0 Å². The molecule has 7 heteroatoms. The van der Waals surface area contributed by atoms with Crippen LogP contribution in [0.25, 0.3) is 0 Å². The van der Waals surface area contributed by atoms with Gasteiger partial charge < -0.3 is 24.4 Å². The standard InChI is InChI=1S/C18H27N3O4/c1-3-21(12-15-4-5-16-17(10-15)25-13-24-16)18(22)19-14(2)11-20-6-8-23-9-7-20/h4-5,10,14H,3,6-9,11-13H2,1-2H3,(H,19,22). The van der Waals surface area contributed by atoms with Crippen LogP contribution in [-0.4, -0.2) is 68.1 Å². The highest BCUT2D eigenvalue weighted by atomic mass is 16.7. The van der Waals surface area contributed by atoms with Gasteiger partial charge >= 0.3 is 6.03 Å². The number of ether oxygens (including phenoxy) is 3. The molecule has 25 heavy (non-hydrogen) atoms. The molecule has 1 N–H and O–H groups in total. The highest BCUT2D eigenvalue weighted by Crippen LogP contribution is 2.32. The average Bonchev–Trinajstić information content (AvgIpc) is 3.08. The number of carbonyl (C=O) groups is 1. The van der Waals surface area contributed by atoms with Crippen LogP contribution >= 0.6 is 0 Å². The molecule has 1 fully saturated rings. The second-order valence-electron chi connectivity index (χ2n) is 6.47. The Balaban J connectivity index is 1.52. The molecule has 1 saturated heterocycles. The van der Waals surface area contributed by atoms with Crippen molar-refractivity contribution >= 4 is 6.03 Å². The summed E-state index contributed by atoms with van der Waals surface area (Å²) in [6.07, 6.45) is 0. The van der Waals surface area contributed by atoms with Crippen LogP contribution in [0, 0.1) is 0 Å². The minimum atomic E-state index is -0.0408. The molecular formula is C18H27N3O4. The summed E-state index contributed by atoms with van der Waals surface area (Å²) in [5.74, 6) is 1.50. The molecule has 2 heterocycles. The van der Waals surface area contributed by atoms with E-state index in [0.717, 1.165) is 49.9 Å². The monoisotopic (exact) mass is 349 g/mol. The summed E-state index contributed by atoms with van der Waals surface area (Å²) in [7, 11) is 0. The molecule has 7 nitrogen and oxygen atoms in total. The van der Waals surface area contributed by atoms with E-state index in [9.17, 15) is 4.79 Å². The predicted octanol–water partition coefficient (Wildman–Crippen LogP) is 1.67. The second-order valence-corrected chi connectivity index (χ2v) is 6.47. The van der Waals surface area contributed by atoms with Crippen LogP contribution in [0.4, 0.5) is 4.79 Å². The number of benzene rings is 1. The van der Waals surface area contributed by atoms with Crippen LogP contribution in [0.5, 0.6) is 11.5 Å².